The Balaban J connectivity index is 1.53. The second-order valence-corrected chi connectivity index (χ2v) is 9.93. The van der Waals surface area contributed by atoms with Crippen molar-refractivity contribution in [1.82, 2.24) is 0 Å². The van der Waals surface area contributed by atoms with Crippen molar-refractivity contribution in [2.24, 2.45) is 0 Å². The Morgan fingerprint density at radius 3 is 2.63 bits per heavy atom. The Morgan fingerprint density at radius 2 is 1.92 bits per heavy atom. The molecule has 0 bridgehead atoms. The quantitative estimate of drug-likeness (QED) is 0.181. The third-order valence-corrected chi connectivity index (χ3v) is 7.11. The number of hydrogen-bond donors (Lipinski definition) is 2. The van der Waals surface area contributed by atoms with Crippen molar-refractivity contribution >= 4 is 29.3 Å². The van der Waals surface area contributed by atoms with Crippen molar-refractivity contribution in [3.05, 3.63) is 94.8 Å². The lowest BCUT2D eigenvalue weighted by atomic mass is 10.0. The first kappa shape index (κ1) is 27.6. The van der Waals surface area contributed by atoms with E-state index in [4.69, 9.17) is 14.2 Å². The SMILES string of the molecule is CC(=O)O[C@@H](C)C(=O)Nc1cccc([C@H]2O[C@@H](CSc3cccc[n+]3[O-])C[C@@H](c3ccc(CO)cc3)O2)c1. The average molecular weight is 539 g/mol. The van der Waals surface area contributed by atoms with E-state index in [1.54, 1.807) is 30.3 Å². The number of aliphatic hydroxyl groups excluding tert-OH is 1. The second-order valence-electron chi connectivity index (χ2n) is 8.89. The molecule has 2 aromatic carbocycles. The van der Waals surface area contributed by atoms with E-state index in [9.17, 15) is 19.9 Å². The summed E-state index contributed by atoms with van der Waals surface area (Å²) in [5.74, 6) is -0.452. The molecule has 4 rings (SSSR count). The predicted octanol–water partition coefficient (Wildman–Crippen LogP) is 4.04. The lowest BCUT2D eigenvalue weighted by molar-refractivity contribution is -0.645. The fraction of sp³-hybridized carbons (Fsp3) is 0.321. The van der Waals surface area contributed by atoms with Crippen molar-refractivity contribution < 1.29 is 33.6 Å². The number of thioether (sulfide) groups is 1. The second kappa shape index (κ2) is 12.9. The van der Waals surface area contributed by atoms with E-state index >= 15 is 0 Å². The molecule has 9 nitrogen and oxygen atoms in total. The summed E-state index contributed by atoms with van der Waals surface area (Å²) < 4.78 is 18.5. The van der Waals surface area contributed by atoms with Crippen molar-refractivity contribution in [3.8, 4) is 0 Å². The van der Waals surface area contributed by atoms with Crippen molar-refractivity contribution in [3.63, 3.8) is 0 Å². The minimum Gasteiger partial charge on any atom is -0.618 e. The van der Waals surface area contributed by atoms with Crippen LogP contribution in [-0.2, 0) is 30.4 Å². The molecule has 4 atom stereocenters. The Morgan fingerprint density at radius 1 is 1.13 bits per heavy atom. The van der Waals surface area contributed by atoms with Gasteiger partial charge in [-0.25, -0.2) is 0 Å². The van der Waals surface area contributed by atoms with Crippen LogP contribution in [0.1, 0.15) is 49.4 Å². The maximum atomic E-state index is 12.4. The summed E-state index contributed by atoms with van der Waals surface area (Å²) >= 11 is 1.41. The van der Waals surface area contributed by atoms with Crippen LogP contribution >= 0.6 is 11.8 Å². The maximum Gasteiger partial charge on any atom is 0.303 e. The van der Waals surface area contributed by atoms with Crippen LogP contribution in [0.25, 0.3) is 0 Å². The molecule has 200 valence electrons. The minimum atomic E-state index is -0.937. The molecule has 3 aromatic rings. The van der Waals surface area contributed by atoms with Gasteiger partial charge in [-0.05, 0) is 36.2 Å². The summed E-state index contributed by atoms with van der Waals surface area (Å²) in [4.78, 5) is 23.6. The molecular weight excluding hydrogens is 508 g/mol. The molecule has 1 saturated heterocycles. The van der Waals surface area contributed by atoms with Gasteiger partial charge >= 0.3 is 5.97 Å². The minimum absolute atomic E-state index is 0.0440. The molecule has 2 heterocycles. The molecule has 1 aliphatic rings. The molecular formula is C28H30N2O7S. The van der Waals surface area contributed by atoms with Gasteiger partial charge in [-0.2, -0.15) is 4.73 Å². The van der Waals surface area contributed by atoms with Crippen LogP contribution in [0.4, 0.5) is 5.69 Å². The topological polar surface area (TPSA) is 121 Å². The highest BCUT2D eigenvalue weighted by molar-refractivity contribution is 7.99. The number of carbonyl (C=O) groups is 2. The Labute approximate surface area is 225 Å². The number of rotatable bonds is 9. The van der Waals surface area contributed by atoms with Gasteiger partial charge in [-0.1, -0.05) is 48.2 Å². The summed E-state index contributed by atoms with van der Waals surface area (Å²) in [6.45, 7) is 2.71. The zero-order valence-electron chi connectivity index (χ0n) is 21.1. The van der Waals surface area contributed by atoms with Gasteiger partial charge in [0.05, 0.1) is 18.8 Å². The van der Waals surface area contributed by atoms with Gasteiger partial charge in [-0.3, -0.25) is 9.59 Å². The number of aromatic nitrogens is 1. The van der Waals surface area contributed by atoms with E-state index in [2.05, 4.69) is 5.32 Å². The molecule has 38 heavy (non-hydrogen) atoms. The van der Waals surface area contributed by atoms with Gasteiger partial charge < -0.3 is 29.8 Å². The number of pyridine rings is 1. The lowest BCUT2D eigenvalue weighted by Crippen LogP contribution is -2.33. The largest absolute Gasteiger partial charge is 0.618 e. The van der Waals surface area contributed by atoms with E-state index in [0.717, 1.165) is 15.9 Å². The Hall–Kier alpha value is -3.44. The number of carbonyl (C=O) groups excluding carboxylic acids is 2. The maximum absolute atomic E-state index is 12.4. The number of nitrogens with zero attached hydrogens (tertiary/aromatic N) is 1. The van der Waals surface area contributed by atoms with E-state index in [0.29, 0.717) is 28.5 Å². The van der Waals surface area contributed by atoms with Gasteiger partial charge in [-0.15, -0.1) is 0 Å². The number of amides is 1. The van der Waals surface area contributed by atoms with Crippen LogP contribution in [0.3, 0.4) is 0 Å². The zero-order chi connectivity index (χ0) is 27.1. The third kappa shape index (κ3) is 7.32. The van der Waals surface area contributed by atoms with E-state index in [1.807, 2.05) is 36.4 Å². The van der Waals surface area contributed by atoms with Gasteiger partial charge in [0.25, 0.3) is 10.9 Å². The monoisotopic (exact) mass is 538 g/mol. The number of anilines is 1. The van der Waals surface area contributed by atoms with Crippen molar-refractivity contribution in [2.75, 3.05) is 11.1 Å². The first-order valence-corrected chi connectivity index (χ1v) is 13.2. The summed E-state index contributed by atoms with van der Waals surface area (Å²) in [6.07, 6.45) is -0.149. The molecule has 2 N–H and O–H groups in total. The number of hydrogen-bond acceptors (Lipinski definition) is 8. The standard InChI is InChI=1S/C28H30N2O7S/c1-18(35-19(2)32)27(33)29-23-7-5-6-22(14-23)28-36-24(17-38-26-8-3-4-13-30(26)34)15-25(37-28)21-11-9-20(16-31)10-12-21/h3-14,18,24-25,28,31H,15-17H2,1-2H3,(H,29,33)/t18-,24+,25-,28-/m0/s1. The van der Waals surface area contributed by atoms with Crippen molar-refractivity contribution in [2.45, 2.75) is 56.5 Å². The highest BCUT2D eigenvalue weighted by atomic mass is 32.2. The summed E-state index contributed by atoms with van der Waals surface area (Å²) in [5.41, 5.74) is 2.97. The molecule has 10 heteroatoms. The first-order valence-electron chi connectivity index (χ1n) is 12.2. The fourth-order valence-electron chi connectivity index (χ4n) is 4.03. The van der Waals surface area contributed by atoms with Gasteiger partial charge in [0.2, 0.25) is 0 Å². The van der Waals surface area contributed by atoms with Crippen LogP contribution in [0.2, 0.25) is 0 Å². The fourth-order valence-corrected chi connectivity index (χ4v) is 4.97. The number of aliphatic hydroxyl groups is 1. The molecule has 0 spiro atoms. The van der Waals surface area contributed by atoms with Gasteiger partial charge in [0.15, 0.2) is 18.6 Å². The summed E-state index contributed by atoms with van der Waals surface area (Å²) in [7, 11) is 0. The molecule has 1 amide bonds. The molecule has 1 aromatic heterocycles. The van der Waals surface area contributed by atoms with Crippen molar-refractivity contribution in [1.29, 1.82) is 0 Å². The lowest BCUT2D eigenvalue weighted by Gasteiger charge is -2.36. The molecule has 0 aliphatic carbocycles. The van der Waals surface area contributed by atoms with Gasteiger partial charge in [0.1, 0.15) is 0 Å². The van der Waals surface area contributed by atoms with E-state index in [1.165, 1.54) is 31.8 Å². The van der Waals surface area contributed by atoms with Crippen LogP contribution in [0, 0.1) is 5.21 Å². The van der Waals surface area contributed by atoms with E-state index < -0.39 is 24.3 Å². The first-order chi connectivity index (χ1) is 18.3. The Bertz CT molecular complexity index is 1250. The molecule has 0 saturated carbocycles. The third-order valence-electron chi connectivity index (χ3n) is 5.96. The summed E-state index contributed by atoms with van der Waals surface area (Å²) in [6, 6.07) is 20.0. The normalized spacial score (nSPS) is 19.9. The zero-order valence-corrected chi connectivity index (χ0v) is 21.9. The molecule has 1 fully saturated rings. The number of benzene rings is 2. The number of ether oxygens (including phenoxy) is 3. The number of nitrogens with one attached hydrogen (secondary N) is 1. The highest BCUT2D eigenvalue weighted by Crippen LogP contribution is 2.39. The Kier molecular flexibility index (Phi) is 9.35. The molecule has 1 aliphatic heterocycles. The summed E-state index contributed by atoms with van der Waals surface area (Å²) in [5, 5.41) is 24.8. The smallest absolute Gasteiger partial charge is 0.303 e. The van der Waals surface area contributed by atoms with E-state index in [-0.39, 0.29) is 18.8 Å². The molecule has 0 radical (unpaired) electrons. The highest BCUT2D eigenvalue weighted by Gasteiger charge is 2.33. The molecule has 0 unspecified atom stereocenters. The number of esters is 1. The van der Waals surface area contributed by atoms with Crippen LogP contribution in [0.15, 0.2) is 78.0 Å². The average Bonchev–Trinajstić information content (AvgIpc) is 2.92. The van der Waals surface area contributed by atoms with Crippen LogP contribution in [-0.4, -0.2) is 34.9 Å². The van der Waals surface area contributed by atoms with Gasteiger partial charge in [0, 0.05) is 42.5 Å². The van der Waals surface area contributed by atoms with Crippen LogP contribution < -0.4 is 10.0 Å². The van der Waals surface area contributed by atoms with Crippen LogP contribution in [0.5, 0.6) is 0 Å². The predicted molar refractivity (Wildman–Crippen MR) is 141 cm³/mol.